The lowest BCUT2D eigenvalue weighted by Gasteiger charge is -2.36. The summed E-state index contributed by atoms with van der Waals surface area (Å²) in [6.45, 7) is 5.86. The van der Waals surface area contributed by atoms with Gasteiger partial charge in [0.2, 0.25) is 5.95 Å². The van der Waals surface area contributed by atoms with Gasteiger partial charge in [-0.3, -0.25) is 0 Å². The molecule has 3 aromatic rings. The van der Waals surface area contributed by atoms with Crippen LogP contribution in [0.15, 0.2) is 60.8 Å². The molecule has 1 N–H and O–H groups in total. The third-order valence-corrected chi connectivity index (χ3v) is 4.97. The molecule has 0 bridgehead atoms. The minimum atomic E-state index is 0.576. The highest BCUT2D eigenvalue weighted by Gasteiger charge is 2.18. The highest BCUT2D eigenvalue weighted by molar-refractivity contribution is 5.64. The minimum Gasteiger partial charge on any atom is -0.495 e. The van der Waals surface area contributed by atoms with Crippen LogP contribution in [0.25, 0.3) is 0 Å². The molecule has 6 nitrogen and oxygen atoms in total. The Morgan fingerprint density at radius 1 is 0.929 bits per heavy atom. The predicted octanol–water partition coefficient (Wildman–Crippen LogP) is 3.86. The zero-order valence-corrected chi connectivity index (χ0v) is 16.3. The van der Waals surface area contributed by atoms with Gasteiger partial charge in [-0.15, -0.1) is 0 Å². The smallest absolute Gasteiger partial charge is 0.229 e. The van der Waals surface area contributed by atoms with E-state index in [0.29, 0.717) is 5.95 Å². The highest BCUT2D eigenvalue weighted by Crippen LogP contribution is 2.28. The molecular weight excluding hydrogens is 350 g/mol. The van der Waals surface area contributed by atoms with Crippen LogP contribution < -0.4 is 19.9 Å². The van der Waals surface area contributed by atoms with Gasteiger partial charge in [-0.05, 0) is 42.8 Å². The Kier molecular flexibility index (Phi) is 5.28. The largest absolute Gasteiger partial charge is 0.495 e. The Hall–Kier alpha value is -3.28. The van der Waals surface area contributed by atoms with Crippen molar-refractivity contribution in [2.75, 3.05) is 48.4 Å². The fourth-order valence-corrected chi connectivity index (χ4v) is 3.46. The topological polar surface area (TPSA) is 53.5 Å². The van der Waals surface area contributed by atoms with Gasteiger partial charge in [-0.2, -0.15) is 4.98 Å². The second-order valence-electron chi connectivity index (χ2n) is 6.88. The quantitative estimate of drug-likeness (QED) is 0.731. The highest BCUT2D eigenvalue weighted by atomic mass is 16.5. The molecule has 4 rings (SSSR count). The number of aromatic nitrogens is 2. The van der Waals surface area contributed by atoms with E-state index < -0.39 is 0 Å². The molecule has 0 aliphatic carbocycles. The molecular formula is C22H25N5O. The van der Waals surface area contributed by atoms with Crippen molar-refractivity contribution in [1.29, 1.82) is 0 Å². The molecule has 0 unspecified atom stereocenters. The van der Waals surface area contributed by atoms with E-state index in [0.717, 1.165) is 49.0 Å². The first kappa shape index (κ1) is 18.1. The zero-order chi connectivity index (χ0) is 19.3. The summed E-state index contributed by atoms with van der Waals surface area (Å²) < 4.78 is 5.44. The maximum atomic E-state index is 5.44. The van der Waals surface area contributed by atoms with Crippen LogP contribution in [-0.4, -0.2) is 43.3 Å². The van der Waals surface area contributed by atoms with Crippen LogP contribution in [0.1, 0.15) is 5.56 Å². The van der Waals surface area contributed by atoms with E-state index in [-0.39, 0.29) is 0 Å². The fourth-order valence-electron chi connectivity index (χ4n) is 3.46. The summed E-state index contributed by atoms with van der Waals surface area (Å²) in [5.41, 5.74) is 3.30. The molecule has 0 saturated carbocycles. The van der Waals surface area contributed by atoms with E-state index in [2.05, 4.69) is 50.4 Å². The molecule has 6 heteroatoms. The van der Waals surface area contributed by atoms with Gasteiger partial charge in [0.1, 0.15) is 11.6 Å². The molecule has 0 radical (unpaired) electrons. The summed E-state index contributed by atoms with van der Waals surface area (Å²) in [4.78, 5) is 13.8. The van der Waals surface area contributed by atoms with Gasteiger partial charge in [0.05, 0.1) is 12.8 Å². The molecule has 0 spiro atoms. The summed E-state index contributed by atoms with van der Waals surface area (Å²) in [6, 6.07) is 18.5. The number of nitrogens with one attached hydrogen (secondary N) is 1. The van der Waals surface area contributed by atoms with Crippen LogP contribution in [0.3, 0.4) is 0 Å². The number of piperazine rings is 1. The summed E-state index contributed by atoms with van der Waals surface area (Å²) >= 11 is 0. The van der Waals surface area contributed by atoms with Crippen LogP contribution in [0.4, 0.5) is 23.1 Å². The van der Waals surface area contributed by atoms with Gasteiger partial charge in [0.25, 0.3) is 0 Å². The Bertz CT molecular complexity index is 923. The van der Waals surface area contributed by atoms with E-state index in [4.69, 9.17) is 9.72 Å². The first-order valence-electron chi connectivity index (χ1n) is 9.52. The third kappa shape index (κ3) is 4.01. The molecule has 2 aromatic carbocycles. The van der Waals surface area contributed by atoms with Crippen molar-refractivity contribution < 1.29 is 4.74 Å². The number of nitrogens with zero attached hydrogens (tertiary/aromatic N) is 4. The van der Waals surface area contributed by atoms with Crippen molar-refractivity contribution in [2.45, 2.75) is 6.92 Å². The lowest BCUT2D eigenvalue weighted by atomic mass is 10.2. The lowest BCUT2D eigenvalue weighted by Crippen LogP contribution is -2.46. The number of para-hydroxylation sites is 1. The van der Waals surface area contributed by atoms with Crippen LogP contribution in [0.2, 0.25) is 0 Å². The molecule has 0 amide bonds. The van der Waals surface area contributed by atoms with Crippen LogP contribution in [-0.2, 0) is 0 Å². The Balaban J connectivity index is 1.45. The number of hydrogen-bond acceptors (Lipinski definition) is 6. The first-order valence-corrected chi connectivity index (χ1v) is 9.52. The molecule has 2 heterocycles. The Labute approximate surface area is 165 Å². The SMILES string of the molecule is COc1ccc(C)cc1Nc1nccc(N2CCN(c3ccccc3)CC2)n1. The maximum Gasteiger partial charge on any atom is 0.229 e. The molecule has 1 aromatic heterocycles. The van der Waals surface area contributed by atoms with Crippen molar-refractivity contribution in [3.63, 3.8) is 0 Å². The lowest BCUT2D eigenvalue weighted by molar-refractivity contribution is 0.416. The standard InChI is InChI=1S/C22H25N5O/c1-17-8-9-20(28-2)19(16-17)24-22-23-11-10-21(25-22)27-14-12-26(13-15-27)18-6-4-3-5-7-18/h3-11,16H,12-15H2,1-2H3,(H,23,24,25). The molecule has 1 aliphatic heterocycles. The van der Waals surface area contributed by atoms with Gasteiger partial charge >= 0.3 is 0 Å². The minimum absolute atomic E-state index is 0.576. The van der Waals surface area contributed by atoms with Crippen molar-refractivity contribution in [2.24, 2.45) is 0 Å². The molecule has 0 atom stereocenters. The van der Waals surface area contributed by atoms with Gasteiger partial charge < -0.3 is 19.9 Å². The summed E-state index contributed by atoms with van der Waals surface area (Å²) in [5.74, 6) is 2.29. The monoisotopic (exact) mass is 375 g/mol. The average Bonchev–Trinajstić information content (AvgIpc) is 2.75. The Morgan fingerprint density at radius 3 is 2.43 bits per heavy atom. The van der Waals surface area contributed by atoms with Crippen molar-refractivity contribution in [3.05, 3.63) is 66.4 Å². The van der Waals surface area contributed by atoms with Crippen molar-refractivity contribution in [1.82, 2.24) is 9.97 Å². The summed E-state index contributed by atoms with van der Waals surface area (Å²) in [5, 5.41) is 3.29. The molecule has 1 fully saturated rings. The van der Waals surface area contributed by atoms with Gasteiger partial charge in [-0.1, -0.05) is 24.3 Å². The van der Waals surface area contributed by atoms with E-state index in [1.165, 1.54) is 5.69 Å². The predicted molar refractivity (Wildman–Crippen MR) is 114 cm³/mol. The Morgan fingerprint density at radius 2 is 1.68 bits per heavy atom. The number of ether oxygens (including phenoxy) is 1. The van der Waals surface area contributed by atoms with Gasteiger partial charge in [-0.25, -0.2) is 4.98 Å². The number of hydrogen-bond donors (Lipinski definition) is 1. The number of anilines is 4. The van der Waals surface area contributed by atoms with Crippen molar-refractivity contribution >= 4 is 23.1 Å². The first-order chi connectivity index (χ1) is 13.7. The summed E-state index contributed by atoms with van der Waals surface area (Å²) in [6.07, 6.45) is 1.80. The van der Waals surface area contributed by atoms with Crippen LogP contribution in [0.5, 0.6) is 5.75 Å². The van der Waals surface area contributed by atoms with Crippen LogP contribution in [0, 0.1) is 6.92 Å². The number of rotatable bonds is 5. The van der Waals surface area contributed by atoms with Crippen LogP contribution >= 0.6 is 0 Å². The van der Waals surface area contributed by atoms with Gasteiger partial charge in [0, 0.05) is 38.1 Å². The molecule has 1 saturated heterocycles. The number of methoxy groups -OCH3 is 1. The molecule has 144 valence electrons. The van der Waals surface area contributed by atoms with E-state index in [1.807, 2.05) is 31.2 Å². The van der Waals surface area contributed by atoms with E-state index >= 15 is 0 Å². The number of benzene rings is 2. The van der Waals surface area contributed by atoms with Gasteiger partial charge in [0.15, 0.2) is 0 Å². The molecule has 28 heavy (non-hydrogen) atoms. The fraction of sp³-hybridized carbons (Fsp3) is 0.273. The second kappa shape index (κ2) is 8.17. The third-order valence-electron chi connectivity index (χ3n) is 4.97. The zero-order valence-electron chi connectivity index (χ0n) is 16.3. The van der Waals surface area contributed by atoms with E-state index in [9.17, 15) is 0 Å². The normalized spacial score (nSPS) is 14.1. The summed E-state index contributed by atoms with van der Waals surface area (Å²) in [7, 11) is 1.67. The number of aryl methyl sites for hydroxylation is 1. The maximum absolute atomic E-state index is 5.44. The van der Waals surface area contributed by atoms with E-state index in [1.54, 1.807) is 13.3 Å². The second-order valence-corrected chi connectivity index (χ2v) is 6.88. The van der Waals surface area contributed by atoms with Crippen molar-refractivity contribution in [3.8, 4) is 5.75 Å². The average molecular weight is 375 g/mol. The molecule has 1 aliphatic rings.